The summed E-state index contributed by atoms with van der Waals surface area (Å²) in [7, 11) is 1.72. The van der Waals surface area contributed by atoms with E-state index in [-0.39, 0.29) is 0 Å². The predicted octanol–water partition coefficient (Wildman–Crippen LogP) is 2.21. The van der Waals surface area contributed by atoms with E-state index in [1.165, 1.54) is 17.7 Å². The van der Waals surface area contributed by atoms with Crippen LogP contribution in [0.4, 0.5) is 5.69 Å². The van der Waals surface area contributed by atoms with Gasteiger partial charge in [-0.3, -0.25) is 0 Å². The molecule has 20 heavy (non-hydrogen) atoms. The van der Waals surface area contributed by atoms with E-state index in [2.05, 4.69) is 35.3 Å². The van der Waals surface area contributed by atoms with Crippen LogP contribution in [0.5, 0.6) is 5.75 Å². The lowest BCUT2D eigenvalue weighted by atomic mass is 10.2. The van der Waals surface area contributed by atoms with Crippen LogP contribution >= 0.6 is 0 Å². The molecule has 1 N–H and O–H groups in total. The highest BCUT2D eigenvalue weighted by atomic mass is 16.5. The van der Waals surface area contributed by atoms with E-state index in [0.717, 1.165) is 45.0 Å². The fraction of sp³-hybridized carbons (Fsp3) is 0.625. The second-order valence-corrected chi connectivity index (χ2v) is 5.24. The molecule has 1 aromatic carbocycles. The molecule has 0 unspecified atom stereocenters. The van der Waals surface area contributed by atoms with Gasteiger partial charge in [-0.15, -0.1) is 0 Å². The van der Waals surface area contributed by atoms with Gasteiger partial charge < -0.3 is 19.7 Å². The summed E-state index contributed by atoms with van der Waals surface area (Å²) in [6, 6.07) is 6.50. The second kappa shape index (κ2) is 8.12. The van der Waals surface area contributed by atoms with Crippen molar-refractivity contribution in [2.75, 3.05) is 51.4 Å². The zero-order valence-electron chi connectivity index (χ0n) is 12.7. The van der Waals surface area contributed by atoms with Gasteiger partial charge in [0.2, 0.25) is 0 Å². The molecule has 1 aliphatic heterocycles. The van der Waals surface area contributed by atoms with E-state index in [0.29, 0.717) is 6.61 Å². The predicted molar refractivity (Wildman–Crippen MR) is 82.9 cm³/mol. The van der Waals surface area contributed by atoms with Crippen LogP contribution in [-0.4, -0.2) is 46.5 Å². The van der Waals surface area contributed by atoms with Gasteiger partial charge in [0.1, 0.15) is 5.75 Å². The molecule has 0 spiro atoms. The molecule has 0 saturated carbocycles. The normalized spacial score (nSPS) is 16.0. The number of rotatable bonds is 6. The minimum absolute atomic E-state index is 0.710. The zero-order valence-corrected chi connectivity index (χ0v) is 12.7. The summed E-state index contributed by atoms with van der Waals surface area (Å²) >= 11 is 0. The van der Waals surface area contributed by atoms with Crippen LogP contribution in [0.25, 0.3) is 0 Å². The number of nitrogens with one attached hydrogen (secondary N) is 1. The lowest BCUT2D eigenvalue weighted by Crippen LogP contribution is -2.27. The first-order valence-corrected chi connectivity index (χ1v) is 7.49. The summed E-state index contributed by atoms with van der Waals surface area (Å²) in [4.78, 5) is 2.45. The van der Waals surface area contributed by atoms with Crippen LogP contribution in [0.2, 0.25) is 0 Å². The third-order valence-electron chi connectivity index (χ3n) is 3.61. The Hall–Kier alpha value is -1.26. The molecule has 1 heterocycles. The quantitative estimate of drug-likeness (QED) is 0.809. The molecule has 0 aliphatic carbocycles. The number of hydrogen-bond donors (Lipinski definition) is 1. The maximum atomic E-state index is 5.80. The molecule has 0 aromatic heterocycles. The number of methoxy groups -OCH3 is 1. The molecule has 0 radical (unpaired) electrons. The summed E-state index contributed by atoms with van der Waals surface area (Å²) in [5, 5.41) is 3.43. The number of ether oxygens (including phenoxy) is 2. The van der Waals surface area contributed by atoms with E-state index in [1.54, 1.807) is 7.11 Å². The fourth-order valence-corrected chi connectivity index (χ4v) is 2.48. The van der Waals surface area contributed by atoms with Gasteiger partial charge in [0.15, 0.2) is 0 Å². The fourth-order valence-electron chi connectivity index (χ4n) is 2.48. The van der Waals surface area contributed by atoms with Crippen molar-refractivity contribution in [2.24, 2.45) is 0 Å². The average Bonchev–Trinajstić information content (AvgIpc) is 2.74. The van der Waals surface area contributed by atoms with Gasteiger partial charge >= 0.3 is 0 Å². The minimum atomic E-state index is 0.710. The molecular weight excluding hydrogens is 252 g/mol. The first-order valence-electron chi connectivity index (χ1n) is 7.49. The topological polar surface area (TPSA) is 33.7 Å². The summed E-state index contributed by atoms with van der Waals surface area (Å²) < 4.78 is 10.8. The smallest absolute Gasteiger partial charge is 0.122 e. The van der Waals surface area contributed by atoms with Gasteiger partial charge in [0.05, 0.1) is 6.61 Å². The Morgan fingerprint density at radius 3 is 2.90 bits per heavy atom. The Morgan fingerprint density at radius 2 is 2.10 bits per heavy atom. The number of anilines is 1. The van der Waals surface area contributed by atoms with Crippen molar-refractivity contribution >= 4 is 5.69 Å². The lowest BCUT2D eigenvalue weighted by Gasteiger charge is -2.23. The molecule has 0 atom stereocenters. The Kier molecular flexibility index (Phi) is 6.15. The summed E-state index contributed by atoms with van der Waals surface area (Å²) in [6.07, 6.45) is 2.13. The Labute approximate surface area is 122 Å². The molecule has 0 amide bonds. The monoisotopic (exact) mass is 278 g/mol. The van der Waals surface area contributed by atoms with Gasteiger partial charge in [0, 0.05) is 45.5 Å². The van der Waals surface area contributed by atoms with Crippen molar-refractivity contribution in [2.45, 2.75) is 19.8 Å². The van der Waals surface area contributed by atoms with E-state index in [9.17, 15) is 0 Å². The van der Waals surface area contributed by atoms with E-state index in [1.807, 2.05) is 0 Å². The van der Waals surface area contributed by atoms with E-state index < -0.39 is 0 Å². The van der Waals surface area contributed by atoms with Gasteiger partial charge in [-0.1, -0.05) is 0 Å². The summed E-state index contributed by atoms with van der Waals surface area (Å²) in [5.41, 5.74) is 2.51. The Balaban J connectivity index is 1.94. The first kappa shape index (κ1) is 15.1. The molecule has 4 nitrogen and oxygen atoms in total. The number of benzene rings is 1. The highest BCUT2D eigenvalue weighted by Crippen LogP contribution is 2.25. The third kappa shape index (κ3) is 4.39. The molecule has 1 aliphatic rings. The van der Waals surface area contributed by atoms with Crippen molar-refractivity contribution in [1.29, 1.82) is 0 Å². The number of nitrogens with zero attached hydrogens (tertiary/aromatic N) is 1. The number of hydrogen-bond acceptors (Lipinski definition) is 4. The minimum Gasteiger partial charge on any atom is -0.493 e. The lowest BCUT2D eigenvalue weighted by molar-refractivity contribution is 0.172. The van der Waals surface area contributed by atoms with Crippen molar-refractivity contribution < 1.29 is 9.47 Å². The standard InChI is InChI=1S/C16H26N2O2/c1-14-13-15(18-9-3-7-17-8-10-18)5-6-16(14)20-12-4-11-19-2/h5-6,13,17H,3-4,7-12H2,1-2H3. The molecular formula is C16H26N2O2. The SMILES string of the molecule is COCCCOc1ccc(N2CCCNCC2)cc1C. The van der Waals surface area contributed by atoms with Gasteiger partial charge in [-0.25, -0.2) is 0 Å². The van der Waals surface area contributed by atoms with Crippen LogP contribution in [-0.2, 0) is 4.74 Å². The van der Waals surface area contributed by atoms with Crippen LogP contribution in [0.3, 0.4) is 0 Å². The van der Waals surface area contributed by atoms with Crippen molar-refractivity contribution in [3.63, 3.8) is 0 Å². The molecule has 2 rings (SSSR count). The van der Waals surface area contributed by atoms with Crippen LogP contribution in [0, 0.1) is 6.92 Å². The van der Waals surface area contributed by atoms with Crippen LogP contribution in [0.1, 0.15) is 18.4 Å². The van der Waals surface area contributed by atoms with Crippen LogP contribution < -0.4 is 15.0 Å². The molecule has 1 fully saturated rings. The van der Waals surface area contributed by atoms with Crippen molar-refractivity contribution in [3.05, 3.63) is 23.8 Å². The second-order valence-electron chi connectivity index (χ2n) is 5.24. The molecule has 1 saturated heterocycles. The van der Waals surface area contributed by atoms with Crippen molar-refractivity contribution in [3.8, 4) is 5.75 Å². The summed E-state index contributed by atoms with van der Waals surface area (Å²) in [6.45, 7) is 7.96. The maximum Gasteiger partial charge on any atom is 0.122 e. The largest absolute Gasteiger partial charge is 0.493 e. The van der Waals surface area contributed by atoms with Gasteiger partial charge in [-0.05, 0) is 43.7 Å². The van der Waals surface area contributed by atoms with Crippen molar-refractivity contribution in [1.82, 2.24) is 5.32 Å². The third-order valence-corrected chi connectivity index (χ3v) is 3.61. The number of aryl methyl sites for hydroxylation is 1. The molecule has 4 heteroatoms. The van der Waals surface area contributed by atoms with E-state index in [4.69, 9.17) is 9.47 Å². The first-order chi connectivity index (χ1) is 9.81. The Morgan fingerprint density at radius 1 is 1.20 bits per heavy atom. The van der Waals surface area contributed by atoms with E-state index >= 15 is 0 Å². The van der Waals surface area contributed by atoms with Crippen LogP contribution in [0.15, 0.2) is 18.2 Å². The Bertz CT molecular complexity index is 401. The highest BCUT2D eigenvalue weighted by molar-refractivity contribution is 5.53. The average molecular weight is 278 g/mol. The zero-order chi connectivity index (χ0) is 14.2. The van der Waals surface area contributed by atoms with Gasteiger partial charge in [-0.2, -0.15) is 0 Å². The van der Waals surface area contributed by atoms with Gasteiger partial charge in [0.25, 0.3) is 0 Å². The molecule has 1 aromatic rings. The maximum absolute atomic E-state index is 5.80. The molecule has 0 bridgehead atoms. The summed E-state index contributed by atoms with van der Waals surface area (Å²) in [5.74, 6) is 0.984. The highest BCUT2D eigenvalue weighted by Gasteiger charge is 2.10. The molecule has 112 valence electrons.